The molecule has 0 aliphatic rings. The highest BCUT2D eigenvalue weighted by Gasteiger charge is 2.17. The van der Waals surface area contributed by atoms with E-state index in [1.54, 1.807) is 0 Å². The standard InChI is InChI=1S/C11H23NO2/c1-4-6-10(7-5-2)11(14)12-9(3)8-13/h9-10,13H,4-8H2,1-3H3,(H,12,14)/t9-/m0/s1. The molecule has 3 heteroatoms. The smallest absolute Gasteiger partial charge is 0.223 e. The summed E-state index contributed by atoms with van der Waals surface area (Å²) >= 11 is 0. The summed E-state index contributed by atoms with van der Waals surface area (Å²) in [5.41, 5.74) is 0. The maximum atomic E-state index is 11.7. The van der Waals surface area contributed by atoms with Crippen LogP contribution >= 0.6 is 0 Å². The van der Waals surface area contributed by atoms with Gasteiger partial charge in [-0.05, 0) is 19.8 Å². The molecule has 0 aliphatic heterocycles. The third kappa shape index (κ3) is 5.22. The number of amides is 1. The first-order valence-electron chi connectivity index (χ1n) is 5.56. The molecule has 3 nitrogen and oxygen atoms in total. The van der Waals surface area contributed by atoms with Gasteiger partial charge in [-0.2, -0.15) is 0 Å². The maximum Gasteiger partial charge on any atom is 0.223 e. The van der Waals surface area contributed by atoms with E-state index in [1.165, 1.54) is 0 Å². The van der Waals surface area contributed by atoms with Gasteiger partial charge in [0.25, 0.3) is 0 Å². The quantitative estimate of drug-likeness (QED) is 0.658. The Morgan fingerprint density at radius 2 is 1.79 bits per heavy atom. The first-order chi connectivity index (χ1) is 6.65. The van der Waals surface area contributed by atoms with Gasteiger partial charge < -0.3 is 10.4 Å². The number of rotatable bonds is 7. The highest BCUT2D eigenvalue weighted by Crippen LogP contribution is 2.13. The van der Waals surface area contributed by atoms with Crippen LogP contribution in [0.25, 0.3) is 0 Å². The molecule has 0 saturated carbocycles. The SMILES string of the molecule is CCCC(CCC)C(=O)N[C@@H](C)CO. The molecule has 0 fully saturated rings. The van der Waals surface area contributed by atoms with Gasteiger partial charge in [-0.15, -0.1) is 0 Å². The molecule has 1 amide bonds. The summed E-state index contributed by atoms with van der Waals surface area (Å²) in [7, 11) is 0. The van der Waals surface area contributed by atoms with E-state index in [2.05, 4.69) is 19.2 Å². The molecule has 0 bridgehead atoms. The summed E-state index contributed by atoms with van der Waals surface area (Å²) in [5, 5.41) is 11.6. The summed E-state index contributed by atoms with van der Waals surface area (Å²) in [6.07, 6.45) is 3.95. The molecule has 0 aliphatic carbocycles. The summed E-state index contributed by atoms with van der Waals surface area (Å²) < 4.78 is 0. The van der Waals surface area contributed by atoms with Crippen molar-refractivity contribution in [3.63, 3.8) is 0 Å². The molecule has 0 heterocycles. The van der Waals surface area contributed by atoms with Crippen LogP contribution in [0.4, 0.5) is 0 Å². The van der Waals surface area contributed by atoms with Crippen LogP contribution in [0.15, 0.2) is 0 Å². The summed E-state index contributed by atoms with van der Waals surface area (Å²) in [6.45, 7) is 6.00. The van der Waals surface area contributed by atoms with Crippen molar-refractivity contribution in [2.24, 2.45) is 5.92 Å². The molecule has 0 radical (unpaired) electrons. The van der Waals surface area contributed by atoms with E-state index in [-0.39, 0.29) is 24.5 Å². The van der Waals surface area contributed by atoms with Gasteiger partial charge in [0.2, 0.25) is 5.91 Å². The number of carbonyl (C=O) groups is 1. The van der Waals surface area contributed by atoms with Crippen molar-refractivity contribution in [2.45, 2.75) is 52.5 Å². The molecule has 0 aromatic rings. The molecule has 0 aromatic carbocycles. The van der Waals surface area contributed by atoms with Gasteiger partial charge in [-0.3, -0.25) is 4.79 Å². The molecular weight excluding hydrogens is 178 g/mol. The number of hydrogen-bond acceptors (Lipinski definition) is 2. The molecule has 84 valence electrons. The summed E-state index contributed by atoms with van der Waals surface area (Å²) in [4.78, 5) is 11.7. The van der Waals surface area contributed by atoms with Gasteiger partial charge in [-0.1, -0.05) is 26.7 Å². The van der Waals surface area contributed by atoms with Gasteiger partial charge in [0.15, 0.2) is 0 Å². The Morgan fingerprint density at radius 1 is 1.29 bits per heavy atom. The van der Waals surface area contributed by atoms with Crippen molar-refractivity contribution in [3.05, 3.63) is 0 Å². The molecule has 1 atom stereocenters. The second-order valence-corrected chi connectivity index (χ2v) is 3.87. The third-order valence-electron chi connectivity index (χ3n) is 2.31. The maximum absolute atomic E-state index is 11.7. The van der Waals surface area contributed by atoms with Crippen LogP contribution < -0.4 is 5.32 Å². The molecule has 0 rings (SSSR count). The van der Waals surface area contributed by atoms with E-state index in [9.17, 15) is 4.79 Å². The minimum atomic E-state index is -0.126. The predicted octanol–water partition coefficient (Wildman–Crippen LogP) is 1.70. The Hall–Kier alpha value is -0.570. The monoisotopic (exact) mass is 201 g/mol. The van der Waals surface area contributed by atoms with Crippen molar-refractivity contribution in [1.29, 1.82) is 0 Å². The fourth-order valence-corrected chi connectivity index (χ4v) is 1.51. The van der Waals surface area contributed by atoms with Crippen LogP contribution in [0, 0.1) is 5.92 Å². The van der Waals surface area contributed by atoms with E-state index >= 15 is 0 Å². The second kappa shape index (κ2) is 7.80. The first kappa shape index (κ1) is 13.4. The van der Waals surface area contributed by atoms with E-state index in [4.69, 9.17) is 5.11 Å². The van der Waals surface area contributed by atoms with Crippen LogP contribution in [0.3, 0.4) is 0 Å². The number of hydrogen-bond donors (Lipinski definition) is 2. The molecular formula is C11H23NO2. The van der Waals surface area contributed by atoms with Gasteiger partial charge >= 0.3 is 0 Å². The molecule has 14 heavy (non-hydrogen) atoms. The van der Waals surface area contributed by atoms with E-state index in [1.807, 2.05) is 6.92 Å². The Morgan fingerprint density at radius 3 is 2.14 bits per heavy atom. The van der Waals surface area contributed by atoms with Crippen molar-refractivity contribution in [1.82, 2.24) is 5.32 Å². The lowest BCUT2D eigenvalue weighted by molar-refractivity contribution is -0.126. The Balaban J connectivity index is 4.00. The van der Waals surface area contributed by atoms with Gasteiger partial charge in [-0.25, -0.2) is 0 Å². The summed E-state index contributed by atoms with van der Waals surface area (Å²) in [6, 6.07) is -0.126. The molecule has 2 N–H and O–H groups in total. The zero-order valence-electron chi connectivity index (χ0n) is 9.55. The van der Waals surface area contributed by atoms with E-state index < -0.39 is 0 Å². The van der Waals surface area contributed by atoms with Crippen molar-refractivity contribution in [3.8, 4) is 0 Å². The van der Waals surface area contributed by atoms with Crippen LogP contribution in [-0.2, 0) is 4.79 Å². The number of nitrogens with one attached hydrogen (secondary N) is 1. The number of carbonyl (C=O) groups excluding carboxylic acids is 1. The Bertz CT molecular complexity index is 153. The minimum Gasteiger partial charge on any atom is -0.394 e. The average Bonchev–Trinajstić information content (AvgIpc) is 2.17. The van der Waals surface area contributed by atoms with E-state index in [0.717, 1.165) is 25.7 Å². The van der Waals surface area contributed by atoms with Gasteiger partial charge in [0.1, 0.15) is 0 Å². The highest BCUT2D eigenvalue weighted by atomic mass is 16.3. The molecule has 0 aromatic heterocycles. The van der Waals surface area contributed by atoms with Gasteiger partial charge in [0.05, 0.1) is 6.61 Å². The van der Waals surface area contributed by atoms with Crippen molar-refractivity contribution >= 4 is 5.91 Å². The highest BCUT2D eigenvalue weighted by molar-refractivity contribution is 5.78. The van der Waals surface area contributed by atoms with Crippen molar-refractivity contribution < 1.29 is 9.90 Å². The predicted molar refractivity (Wildman–Crippen MR) is 58.0 cm³/mol. The largest absolute Gasteiger partial charge is 0.394 e. The fraction of sp³-hybridized carbons (Fsp3) is 0.909. The lowest BCUT2D eigenvalue weighted by Gasteiger charge is -2.18. The third-order valence-corrected chi connectivity index (χ3v) is 2.31. The average molecular weight is 201 g/mol. The van der Waals surface area contributed by atoms with Crippen LogP contribution in [0.2, 0.25) is 0 Å². The second-order valence-electron chi connectivity index (χ2n) is 3.87. The zero-order valence-corrected chi connectivity index (χ0v) is 9.55. The van der Waals surface area contributed by atoms with E-state index in [0.29, 0.717) is 0 Å². The van der Waals surface area contributed by atoms with Gasteiger partial charge in [0, 0.05) is 12.0 Å². The molecule has 0 saturated heterocycles. The van der Waals surface area contributed by atoms with Crippen LogP contribution in [-0.4, -0.2) is 23.7 Å². The van der Waals surface area contributed by atoms with Crippen LogP contribution in [0.1, 0.15) is 46.5 Å². The minimum absolute atomic E-state index is 0.0106. The molecule has 0 unspecified atom stereocenters. The number of aliphatic hydroxyl groups excluding tert-OH is 1. The normalized spacial score (nSPS) is 12.9. The number of aliphatic hydroxyl groups is 1. The first-order valence-corrected chi connectivity index (χ1v) is 5.56. The molecule has 0 spiro atoms. The Labute approximate surface area is 86.9 Å². The Kier molecular flexibility index (Phi) is 7.48. The lowest BCUT2D eigenvalue weighted by Crippen LogP contribution is -2.39. The topological polar surface area (TPSA) is 49.3 Å². The summed E-state index contributed by atoms with van der Waals surface area (Å²) in [5.74, 6) is 0.217. The van der Waals surface area contributed by atoms with Crippen molar-refractivity contribution in [2.75, 3.05) is 6.61 Å². The van der Waals surface area contributed by atoms with Crippen LogP contribution in [0.5, 0.6) is 0 Å². The fourth-order valence-electron chi connectivity index (χ4n) is 1.51. The zero-order chi connectivity index (χ0) is 11.0. The lowest BCUT2D eigenvalue weighted by atomic mass is 9.97.